The molecule has 1 aromatic heterocycles. The number of unbranched alkanes of at least 4 members (excludes halogenated alkanes) is 3. The van der Waals surface area contributed by atoms with Crippen LogP contribution in [0.2, 0.25) is 0 Å². The number of nitrogens with one attached hydrogen (secondary N) is 1. The third-order valence-electron chi connectivity index (χ3n) is 5.54. The Morgan fingerprint density at radius 2 is 1.76 bits per heavy atom. The van der Waals surface area contributed by atoms with Crippen molar-refractivity contribution in [3.05, 3.63) is 53.6 Å². The minimum atomic E-state index is -0.349. The average molecular weight is 458 g/mol. The van der Waals surface area contributed by atoms with E-state index in [0.29, 0.717) is 37.6 Å². The van der Waals surface area contributed by atoms with Crippen molar-refractivity contribution >= 4 is 17.8 Å². The highest BCUT2D eigenvalue weighted by molar-refractivity contribution is 5.94. The third kappa shape index (κ3) is 8.44. The summed E-state index contributed by atoms with van der Waals surface area (Å²) in [6, 6.07) is 7.56. The Morgan fingerprint density at radius 3 is 2.39 bits per heavy atom. The van der Waals surface area contributed by atoms with E-state index < -0.39 is 0 Å². The first-order valence-electron chi connectivity index (χ1n) is 11.7. The molecule has 0 aliphatic carbocycles. The summed E-state index contributed by atoms with van der Waals surface area (Å²) in [6.45, 7) is 7.68. The van der Waals surface area contributed by atoms with Crippen molar-refractivity contribution in [3.63, 3.8) is 0 Å². The SMILES string of the molecule is CCN(Cc1ccnc(NC)n1)C(=O)CCCCCCN(C(=O)c1ccc(F)cc1)C(C)C. The van der Waals surface area contributed by atoms with E-state index in [9.17, 15) is 14.0 Å². The van der Waals surface area contributed by atoms with E-state index in [1.165, 1.54) is 24.3 Å². The van der Waals surface area contributed by atoms with Crippen molar-refractivity contribution in [2.24, 2.45) is 0 Å². The molecule has 0 aliphatic rings. The van der Waals surface area contributed by atoms with Gasteiger partial charge in [0.2, 0.25) is 11.9 Å². The van der Waals surface area contributed by atoms with Crippen LogP contribution in [-0.2, 0) is 11.3 Å². The van der Waals surface area contributed by atoms with Crippen LogP contribution in [0.15, 0.2) is 36.5 Å². The lowest BCUT2D eigenvalue weighted by Gasteiger charge is -2.27. The lowest BCUT2D eigenvalue weighted by Crippen LogP contribution is -2.37. The molecule has 0 spiro atoms. The molecule has 1 heterocycles. The summed E-state index contributed by atoms with van der Waals surface area (Å²) in [4.78, 5) is 37.5. The Labute approximate surface area is 196 Å². The molecular formula is C25H36FN5O2. The Bertz CT molecular complexity index is 889. The summed E-state index contributed by atoms with van der Waals surface area (Å²) < 4.78 is 13.1. The molecule has 8 heteroatoms. The molecule has 0 radical (unpaired) electrons. The molecule has 2 aromatic rings. The van der Waals surface area contributed by atoms with E-state index in [0.717, 1.165) is 31.4 Å². The zero-order valence-corrected chi connectivity index (χ0v) is 20.2. The first-order valence-corrected chi connectivity index (χ1v) is 11.7. The molecule has 180 valence electrons. The number of hydrogen-bond acceptors (Lipinski definition) is 5. The molecule has 2 rings (SSSR count). The van der Waals surface area contributed by atoms with Gasteiger partial charge in [-0.15, -0.1) is 0 Å². The van der Waals surface area contributed by atoms with Gasteiger partial charge in [-0.1, -0.05) is 12.8 Å². The van der Waals surface area contributed by atoms with Crippen molar-refractivity contribution in [1.29, 1.82) is 0 Å². The van der Waals surface area contributed by atoms with Gasteiger partial charge in [-0.2, -0.15) is 0 Å². The smallest absolute Gasteiger partial charge is 0.254 e. The second kappa shape index (κ2) is 13.5. The lowest BCUT2D eigenvalue weighted by atomic mass is 10.1. The number of aromatic nitrogens is 2. The molecule has 0 atom stereocenters. The number of anilines is 1. The van der Waals surface area contributed by atoms with E-state index in [1.807, 2.05) is 36.6 Å². The van der Waals surface area contributed by atoms with E-state index in [2.05, 4.69) is 15.3 Å². The number of halogens is 1. The van der Waals surface area contributed by atoms with E-state index >= 15 is 0 Å². The van der Waals surface area contributed by atoms with Gasteiger partial charge in [0.05, 0.1) is 12.2 Å². The minimum Gasteiger partial charge on any atom is -0.357 e. The van der Waals surface area contributed by atoms with Crippen molar-refractivity contribution in [1.82, 2.24) is 19.8 Å². The van der Waals surface area contributed by atoms with Gasteiger partial charge in [-0.05, 0) is 63.9 Å². The molecule has 0 unspecified atom stereocenters. The first-order chi connectivity index (χ1) is 15.8. The van der Waals surface area contributed by atoms with Gasteiger partial charge in [-0.3, -0.25) is 9.59 Å². The van der Waals surface area contributed by atoms with Crippen molar-refractivity contribution in [2.75, 3.05) is 25.5 Å². The molecule has 7 nitrogen and oxygen atoms in total. The van der Waals surface area contributed by atoms with Gasteiger partial charge in [0, 0.05) is 44.4 Å². The minimum absolute atomic E-state index is 0.0625. The normalized spacial score (nSPS) is 10.8. The Morgan fingerprint density at radius 1 is 1.06 bits per heavy atom. The molecule has 0 bridgehead atoms. The molecule has 1 aromatic carbocycles. The number of hydrogen-bond donors (Lipinski definition) is 1. The number of amides is 2. The Hall–Kier alpha value is -3.03. The molecule has 33 heavy (non-hydrogen) atoms. The van der Waals surface area contributed by atoms with Crippen LogP contribution in [-0.4, -0.2) is 57.8 Å². The highest BCUT2D eigenvalue weighted by Crippen LogP contribution is 2.13. The maximum atomic E-state index is 13.1. The second-order valence-electron chi connectivity index (χ2n) is 8.29. The van der Waals surface area contributed by atoms with Gasteiger partial charge in [0.15, 0.2) is 0 Å². The van der Waals surface area contributed by atoms with Crippen LogP contribution >= 0.6 is 0 Å². The van der Waals surface area contributed by atoms with Gasteiger partial charge in [0.25, 0.3) is 5.91 Å². The largest absolute Gasteiger partial charge is 0.357 e. The molecular weight excluding hydrogens is 421 g/mol. The van der Waals surface area contributed by atoms with E-state index in [1.54, 1.807) is 13.2 Å². The predicted molar refractivity (Wildman–Crippen MR) is 128 cm³/mol. The van der Waals surface area contributed by atoms with Crippen LogP contribution in [0.5, 0.6) is 0 Å². The highest BCUT2D eigenvalue weighted by atomic mass is 19.1. The lowest BCUT2D eigenvalue weighted by molar-refractivity contribution is -0.131. The van der Waals surface area contributed by atoms with Gasteiger partial charge >= 0.3 is 0 Å². The van der Waals surface area contributed by atoms with Crippen LogP contribution in [0.25, 0.3) is 0 Å². The van der Waals surface area contributed by atoms with Gasteiger partial charge in [-0.25, -0.2) is 14.4 Å². The van der Waals surface area contributed by atoms with E-state index in [-0.39, 0.29) is 23.7 Å². The summed E-state index contributed by atoms with van der Waals surface area (Å²) in [5.41, 5.74) is 1.31. The fourth-order valence-electron chi connectivity index (χ4n) is 3.60. The fourth-order valence-corrected chi connectivity index (χ4v) is 3.60. The summed E-state index contributed by atoms with van der Waals surface area (Å²) >= 11 is 0. The maximum absolute atomic E-state index is 13.1. The second-order valence-corrected chi connectivity index (χ2v) is 8.29. The number of carbonyl (C=O) groups excluding carboxylic acids is 2. The Balaban J connectivity index is 1.73. The number of carbonyl (C=O) groups is 2. The number of benzene rings is 1. The number of rotatable bonds is 13. The van der Waals surface area contributed by atoms with Crippen molar-refractivity contribution in [2.45, 2.75) is 65.5 Å². The van der Waals surface area contributed by atoms with Crippen LogP contribution < -0.4 is 5.32 Å². The summed E-state index contributed by atoms with van der Waals surface area (Å²) in [5, 5.41) is 2.91. The zero-order valence-electron chi connectivity index (χ0n) is 20.2. The van der Waals surface area contributed by atoms with Crippen molar-refractivity contribution < 1.29 is 14.0 Å². The Kier molecular flexibility index (Phi) is 10.7. The molecule has 0 aliphatic heterocycles. The van der Waals surface area contributed by atoms with Crippen molar-refractivity contribution in [3.8, 4) is 0 Å². The van der Waals surface area contributed by atoms with Crippen LogP contribution in [0, 0.1) is 5.82 Å². The highest BCUT2D eigenvalue weighted by Gasteiger charge is 2.18. The molecule has 2 amide bonds. The quantitative estimate of drug-likeness (QED) is 0.448. The molecule has 0 saturated heterocycles. The summed E-state index contributed by atoms with van der Waals surface area (Å²) in [7, 11) is 1.76. The zero-order chi connectivity index (χ0) is 24.2. The van der Waals surface area contributed by atoms with Gasteiger partial charge in [0.1, 0.15) is 5.82 Å². The standard InChI is InChI=1S/C25H36FN5O2/c1-5-30(18-22-15-16-28-25(27-4)29-22)23(32)10-8-6-7-9-17-31(19(2)3)24(33)20-11-13-21(26)14-12-20/h11-16,19H,5-10,17-18H2,1-4H3,(H,27,28,29). The number of nitrogens with zero attached hydrogens (tertiary/aromatic N) is 4. The first kappa shape index (κ1) is 26.2. The monoisotopic (exact) mass is 457 g/mol. The topological polar surface area (TPSA) is 78.4 Å². The van der Waals surface area contributed by atoms with E-state index in [4.69, 9.17) is 0 Å². The average Bonchev–Trinajstić information content (AvgIpc) is 2.81. The maximum Gasteiger partial charge on any atom is 0.254 e. The fraction of sp³-hybridized carbons (Fsp3) is 0.520. The predicted octanol–water partition coefficient (Wildman–Crippen LogP) is 4.51. The summed E-state index contributed by atoms with van der Waals surface area (Å²) in [5.74, 6) is 0.241. The molecule has 1 N–H and O–H groups in total. The third-order valence-corrected chi connectivity index (χ3v) is 5.54. The van der Waals surface area contributed by atoms with Crippen LogP contribution in [0.4, 0.5) is 10.3 Å². The summed E-state index contributed by atoms with van der Waals surface area (Å²) in [6.07, 6.45) is 5.74. The molecule has 0 fully saturated rings. The van der Waals surface area contributed by atoms with Crippen LogP contribution in [0.3, 0.4) is 0 Å². The van der Waals surface area contributed by atoms with Gasteiger partial charge < -0.3 is 15.1 Å². The van der Waals surface area contributed by atoms with Crippen LogP contribution in [0.1, 0.15) is 68.9 Å². The molecule has 0 saturated carbocycles.